The molecule has 0 aliphatic heterocycles. The topological polar surface area (TPSA) is 96.7 Å². The fourth-order valence-electron chi connectivity index (χ4n) is 3.12. The largest absolute Gasteiger partial charge is 0.425 e. The highest BCUT2D eigenvalue weighted by Gasteiger charge is 2.26. The van der Waals surface area contributed by atoms with Crippen molar-refractivity contribution in [3.63, 3.8) is 0 Å². The first-order chi connectivity index (χ1) is 16.0. The number of hydrogen-bond acceptors (Lipinski definition) is 5. The zero-order valence-electron chi connectivity index (χ0n) is 18.0. The molecule has 3 rings (SSSR count). The Kier molecular flexibility index (Phi) is 8.39. The van der Waals surface area contributed by atoms with Gasteiger partial charge in [0, 0.05) is 24.7 Å². The number of hydrogen-bond donors (Lipinski definition) is 2. The number of carbonyl (C=O) groups is 2. The van der Waals surface area contributed by atoms with E-state index in [0.29, 0.717) is 23.5 Å². The number of aliphatic hydroxyl groups excluding tert-OH is 1. The number of aliphatic hydroxyl groups is 1. The van der Waals surface area contributed by atoms with Crippen molar-refractivity contribution in [2.24, 2.45) is 0 Å². The maximum atomic E-state index is 13.3. The number of rotatable bonds is 10. The standard InChI is InChI=1S/C23H24ClFN4O4/c1-2-28(22(32)26-12-3-13-30)21-20(15-31)29(14-16-4-6-17(24)7-5-16)23(27-21)33-19-10-8-18(25)9-11-19/h4-11,15,30H,2-3,12-14H2,1H3,(H,26,32). The SMILES string of the molecule is CCN(C(=O)NCCCO)c1nc(Oc2ccc(F)cc2)n(Cc2ccc(Cl)cc2)c1C=O. The number of carbonyl (C=O) groups excluding carboxylic acids is 2. The van der Waals surface area contributed by atoms with Crippen molar-refractivity contribution in [2.45, 2.75) is 19.9 Å². The molecule has 0 saturated heterocycles. The number of aldehydes is 1. The summed E-state index contributed by atoms with van der Waals surface area (Å²) in [7, 11) is 0. The molecule has 2 aromatic carbocycles. The number of urea groups is 1. The lowest BCUT2D eigenvalue weighted by molar-refractivity contribution is 0.111. The molecule has 2 N–H and O–H groups in total. The first-order valence-electron chi connectivity index (χ1n) is 10.4. The molecular weight excluding hydrogens is 451 g/mol. The molecule has 10 heteroatoms. The van der Waals surface area contributed by atoms with Gasteiger partial charge in [0.25, 0.3) is 0 Å². The van der Waals surface area contributed by atoms with Gasteiger partial charge in [-0.05, 0) is 55.3 Å². The molecule has 174 valence electrons. The van der Waals surface area contributed by atoms with Gasteiger partial charge in [-0.1, -0.05) is 23.7 Å². The monoisotopic (exact) mass is 474 g/mol. The van der Waals surface area contributed by atoms with Gasteiger partial charge in [-0.25, -0.2) is 9.18 Å². The lowest BCUT2D eigenvalue weighted by atomic mass is 10.2. The summed E-state index contributed by atoms with van der Waals surface area (Å²) in [6.07, 6.45) is 1.01. The van der Waals surface area contributed by atoms with E-state index >= 15 is 0 Å². The highest BCUT2D eigenvalue weighted by Crippen LogP contribution is 2.30. The average Bonchev–Trinajstić information content (AvgIpc) is 3.14. The van der Waals surface area contributed by atoms with Gasteiger partial charge in [0.15, 0.2) is 12.1 Å². The lowest BCUT2D eigenvalue weighted by Gasteiger charge is -2.19. The minimum absolute atomic E-state index is 0.0582. The predicted molar refractivity (Wildman–Crippen MR) is 123 cm³/mol. The third-order valence-corrected chi connectivity index (χ3v) is 5.02. The number of nitrogens with one attached hydrogen (secondary N) is 1. The van der Waals surface area contributed by atoms with Crippen LogP contribution < -0.4 is 15.0 Å². The van der Waals surface area contributed by atoms with Gasteiger partial charge in [0.1, 0.15) is 17.3 Å². The van der Waals surface area contributed by atoms with Crippen LogP contribution in [0.25, 0.3) is 0 Å². The summed E-state index contributed by atoms with van der Waals surface area (Å²) in [6, 6.07) is 12.0. The van der Waals surface area contributed by atoms with E-state index < -0.39 is 11.8 Å². The molecule has 0 fully saturated rings. The van der Waals surface area contributed by atoms with Crippen molar-refractivity contribution in [1.29, 1.82) is 0 Å². The minimum atomic E-state index is -0.460. The Bertz CT molecular complexity index is 1090. The van der Waals surface area contributed by atoms with E-state index in [4.69, 9.17) is 21.4 Å². The maximum absolute atomic E-state index is 13.3. The van der Waals surface area contributed by atoms with E-state index in [1.165, 1.54) is 29.2 Å². The molecule has 0 atom stereocenters. The summed E-state index contributed by atoms with van der Waals surface area (Å²) in [6.45, 7) is 2.42. The van der Waals surface area contributed by atoms with Gasteiger partial charge in [0.05, 0.1) is 6.54 Å². The highest BCUT2D eigenvalue weighted by atomic mass is 35.5. The Morgan fingerprint density at radius 1 is 1.24 bits per heavy atom. The quantitative estimate of drug-likeness (QED) is 0.338. The van der Waals surface area contributed by atoms with Gasteiger partial charge >= 0.3 is 12.0 Å². The highest BCUT2D eigenvalue weighted by molar-refractivity contribution is 6.30. The predicted octanol–water partition coefficient (Wildman–Crippen LogP) is 4.25. The maximum Gasteiger partial charge on any atom is 0.323 e. The van der Waals surface area contributed by atoms with E-state index in [0.717, 1.165) is 5.56 Å². The molecule has 0 unspecified atom stereocenters. The molecule has 0 bridgehead atoms. The number of imidazole rings is 1. The van der Waals surface area contributed by atoms with Crippen LogP contribution in [0, 0.1) is 5.82 Å². The van der Waals surface area contributed by atoms with Crippen LogP contribution in [-0.4, -0.2) is 46.7 Å². The lowest BCUT2D eigenvalue weighted by Crippen LogP contribution is -2.41. The van der Waals surface area contributed by atoms with E-state index in [1.54, 1.807) is 35.8 Å². The Hall–Kier alpha value is -3.43. The fraction of sp³-hybridized carbons (Fsp3) is 0.261. The van der Waals surface area contributed by atoms with E-state index in [2.05, 4.69) is 10.3 Å². The van der Waals surface area contributed by atoms with Gasteiger partial charge in [0.2, 0.25) is 0 Å². The Morgan fingerprint density at radius 2 is 1.94 bits per heavy atom. The number of nitrogens with zero attached hydrogens (tertiary/aromatic N) is 3. The zero-order valence-corrected chi connectivity index (χ0v) is 18.8. The van der Waals surface area contributed by atoms with E-state index in [-0.39, 0.29) is 43.8 Å². The molecule has 33 heavy (non-hydrogen) atoms. The number of halogens is 2. The van der Waals surface area contributed by atoms with E-state index in [1.807, 2.05) is 0 Å². The minimum Gasteiger partial charge on any atom is -0.425 e. The smallest absolute Gasteiger partial charge is 0.323 e. The van der Waals surface area contributed by atoms with Crippen molar-refractivity contribution in [3.05, 3.63) is 70.6 Å². The second kappa shape index (κ2) is 11.4. The molecule has 0 aliphatic rings. The van der Waals surface area contributed by atoms with Crippen LogP contribution in [0.1, 0.15) is 29.4 Å². The molecule has 0 aliphatic carbocycles. The number of amides is 2. The first-order valence-corrected chi connectivity index (χ1v) is 10.7. The average molecular weight is 475 g/mol. The van der Waals surface area contributed by atoms with Crippen LogP contribution in [-0.2, 0) is 6.54 Å². The van der Waals surface area contributed by atoms with Crippen LogP contribution in [0.15, 0.2) is 48.5 Å². The third-order valence-electron chi connectivity index (χ3n) is 4.77. The van der Waals surface area contributed by atoms with Crippen molar-refractivity contribution in [3.8, 4) is 11.8 Å². The van der Waals surface area contributed by atoms with Gasteiger partial charge in [-0.3, -0.25) is 14.3 Å². The number of ether oxygens (including phenoxy) is 1. The van der Waals surface area contributed by atoms with Crippen molar-refractivity contribution < 1.29 is 23.8 Å². The first kappa shape index (κ1) is 24.2. The van der Waals surface area contributed by atoms with Gasteiger partial charge < -0.3 is 15.2 Å². The molecule has 3 aromatic rings. The molecule has 0 spiro atoms. The van der Waals surface area contributed by atoms with Crippen molar-refractivity contribution in [2.75, 3.05) is 24.6 Å². The fourth-order valence-corrected chi connectivity index (χ4v) is 3.24. The zero-order chi connectivity index (χ0) is 23.8. The van der Waals surface area contributed by atoms with Gasteiger partial charge in [-0.15, -0.1) is 0 Å². The summed E-state index contributed by atoms with van der Waals surface area (Å²) in [5.74, 6) is 0.0242. The van der Waals surface area contributed by atoms with Crippen molar-refractivity contribution >= 4 is 29.7 Å². The molecule has 8 nitrogen and oxygen atoms in total. The Morgan fingerprint density at radius 3 is 2.55 bits per heavy atom. The molecule has 0 radical (unpaired) electrons. The number of aromatic nitrogens is 2. The number of benzene rings is 2. The van der Waals surface area contributed by atoms with Crippen LogP contribution in [0.2, 0.25) is 5.02 Å². The summed E-state index contributed by atoms with van der Waals surface area (Å²) < 4.78 is 20.7. The van der Waals surface area contributed by atoms with Crippen LogP contribution in [0.5, 0.6) is 11.8 Å². The second-order valence-electron chi connectivity index (χ2n) is 7.04. The molecule has 1 aromatic heterocycles. The van der Waals surface area contributed by atoms with Crippen LogP contribution >= 0.6 is 11.6 Å². The third kappa shape index (κ3) is 6.09. The Labute approximate surface area is 195 Å². The normalized spacial score (nSPS) is 10.7. The van der Waals surface area contributed by atoms with E-state index in [9.17, 15) is 14.0 Å². The van der Waals surface area contributed by atoms with Crippen LogP contribution in [0.3, 0.4) is 0 Å². The molecule has 1 heterocycles. The molecule has 2 amide bonds. The molecular formula is C23H24ClFN4O4. The summed E-state index contributed by atoms with van der Waals surface area (Å²) in [4.78, 5) is 30.6. The number of anilines is 1. The van der Waals surface area contributed by atoms with Crippen molar-refractivity contribution in [1.82, 2.24) is 14.9 Å². The summed E-state index contributed by atoms with van der Waals surface area (Å²) in [5, 5.41) is 12.2. The van der Waals surface area contributed by atoms with Crippen LogP contribution in [0.4, 0.5) is 15.0 Å². The Balaban J connectivity index is 2.02. The second-order valence-corrected chi connectivity index (χ2v) is 7.48. The summed E-state index contributed by atoms with van der Waals surface area (Å²) in [5.41, 5.74) is 0.965. The summed E-state index contributed by atoms with van der Waals surface area (Å²) >= 11 is 5.98. The van der Waals surface area contributed by atoms with Gasteiger partial charge in [-0.2, -0.15) is 4.98 Å². The molecule has 0 saturated carbocycles.